The maximum Gasteiger partial charge on any atom is 0.408 e. The molecule has 0 bridgehead atoms. The van der Waals surface area contributed by atoms with Gasteiger partial charge in [-0.3, -0.25) is 24.0 Å². The van der Waals surface area contributed by atoms with Crippen LogP contribution < -0.4 is 21.3 Å². The van der Waals surface area contributed by atoms with Crippen molar-refractivity contribution in [2.75, 3.05) is 14.1 Å². The van der Waals surface area contributed by atoms with Crippen molar-refractivity contribution in [1.82, 2.24) is 31.2 Å². The Balaban J connectivity index is 1.39. The van der Waals surface area contributed by atoms with Gasteiger partial charge in [0.05, 0.1) is 6.42 Å². The molecule has 0 saturated heterocycles. The molecule has 4 atom stereocenters. The molecule has 0 radical (unpaired) electrons. The molecule has 0 spiro atoms. The first-order valence-corrected chi connectivity index (χ1v) is 19.4. The van der Waals surface area contributed by atoms with Crippen LogP contribution >= 0.6 is 0 Å². The zero-order valence-corrected chi connectivity index (χ0v) is 33.2. The molecule has 57 heavy (non-hydrogen) atoms. The number of H-pyrrole nitrogens is 1. The lowest BCUT2D eigenvalue weighted by Crippen LogP contribution is -2.60. The second-order valence-corrected chi connectivity index (χ2v) is 15.9. The highest BCUT2D eigenvalue weighted by Gasteiger charge is 2.37. The quantitative estimate of drug-likeness (QED) is 0.101. The molecular formula is C43H54N6O8. The number of nitrogens with zero attached hydrogens (tertiary/aromatic N) is 1. The number of amides is 5. The molecule has 304 valence electrons. The fourth-order valence-corrected chi connectivity index (χ4v) is 7.42. The Bertz CT molecular complexity index is 2080. The fraction of sp³-hybridized carbons (Fsp3) is 0.442. The molecule has 3 aromatic carbocycles. The number of aromatic amines is 1. The number of carbonyl (C=O) groups excluding carboxylic acids is 5. The maximum atomic E-state index is 14.3. The minimum atomic E-state index is -1.58. The van der Waals surface area contributed by atoms with Gasteiger partial charge in [0.25, 0.3) is 0 Å². The number of fused-ring (bicyclic) bond motifs is 2. The normalized spacial score (nSPS) is 15.5. The number of nitrogens with one attached hydrogen (secondary N) is 5. The summed E-state index contributed by atoms with van der Waals surface area (Å²) in [5.41, 5.74) is 1.55. The van der Waals surface area contributed by atoms with E-state index in [0.29, 0.717) is 12.8 Å². The van der Waals surface area contributed by atoms with Crippen LogP contribution in [0.2, 0.25) is 0 Å². The van der Waals surface area contributed by atoms with Crippen LogP contribution in [0.1, 0.15) is 70.4 Å². The van der Waals surface area contributed by atoms with Gasteiger partial charge >= 0.3 is 12.1 Å². The minimum absolute atomic E-state index is 0.0656. The fourth-order valence-electron chi connectivity index (χ4n) is 7.42. The van der Waals surface area contributed by atoms with Crippen molar-refractivity contribution in [2.45, 2.75) is 102 Å². The summed E-state index contributed by atoms with van der Waals surface area (Å²) in [5.74, 6) is -4.35. The molecule has 1 heterocycles. The number of hydrogen-bond donors (Lipinski definition) is 6. The number of carboxylic acid groups (broad SMARTS) is 1. The number of benzene rings is 3. The van der Waals surface area contributed by atoms with E-state index in [-0.39, 0.29) is 18.8 Å². The lowest BCUT2D eigenvalue weighted by atomic mass is 9.83. The molecule has 5 amide bonds. The molecule has 4 aromatic rings. The summed E-state index contributed by atoms with van der Waals surface area (Å²) in [6, 6.07) is 15.9. The molecule has 14 heteroatoms. The zero-order chi connectivity index (χ0) is 41.3. The van der Waals surface area contributed by atoms with E-state index in [1.165, 1.54) is 4.90 Å². The van der Waals surface area contributed by atoms with Crippen molar-refractivity contribution in [2.24, 2.45) is 5.92 Å². The number of para-hydroxylation sites is 1. The Morgan fingerprint density at radius 3 is 2.04 bits per heavy atom. The molecule has 6 N–H and O–H groups in total. The van der Waals surface area contributed by atoms with E-state index in [1.807, 2.05) is 66.7 Å². The number of hydrogen-bond acceptors (Lipinski definition) is 7. The smallest absolute Gasteiger partial charge is 0.408 e. The Hall–Kier alpha value is -5.92. The maximum absolute atomic E-state index is 14.3. The number of aliphatic carboxylic acids is 1. The monoisotopic (exact) mass is 782 g/mol. The van der Waals surface area contributed by atoms with E-state index in [9.17, 15) is 33.9 Å². The molecule has 0 aliphatic heterocycles. The van der Waals surface area contributed by atoms with E-state index in [2.05, 4.69) is 26.3 Å². The first kappa shape index (κ1) is 42.2. The molecule has 1 aliphatic rings. The molecule has 14 nitrogen and oxygen atoms in total. The predicted octanol–water partition coefficient (Wildman–Crippen LogP) is 4.60. The van der Waals surface area contributed by atoms with E-state index < -0.39 is 71.9 Å². The van der Waals surface area contributed by atoms with Crippen molar-refractivity contribution in [3.8, 4) is 0 Å². The van der Waals surface area contributed by atoms with Crippen LogP contribution in [0, 0.1) is 5.92 Å². The second kappa shape index (κ2) is 18.8. The number of likely N-dealkylation sites (N-methyl/N-ethyl adjacent to an activating group) is 1. The average Bonchev–Trinajstić information content (AvgIpc) is 3.57. The number of aromatic nitrogens is 1. The molecule has 1 aliphatic carbocycles. The third-order valence-electron chi connectivity index (χ3n) is 10.2. The summed E-state index contributed by atoms with van der Waals surface area (Å²) in [7, 11) is 3.12. The summed E-state index contributed by atoms with van der Waals surface area (Å²) in [6.45, 7) is 5.12. The first-order chi connectivity index (χ1) is 27.1. The standard InChI is InChI=1S/C43H54N6O8/c1-43(2,3)57-42(56)47-33(23-29-25-44-32-21-12-11-20-31(29)32)39(53)48-37(27-15-7-6-8-16-27)40(54)45-34(24-36(50)51)38(52)46-35(41(55)49(4)5)22-28-18-13-17-26-14-9-10-19-30(26)28/h9-14,17-21,25,27,33-35,37,44H,6-8,15-16,22-24H2,1-5H3,(H,45,54)(H,46,52)(H,47,56)(H,48,53)(H,50,51)/t33-,34-,35-,37-/m0/s1. The predicted molar refractivity (Wildman–Crippen MR) is 216 cm³/mol. The van der Waals surface area contributed by atoms with E-state index >= 15 is 0 Å². The molecule has 0 unspecified atom stereocenters. The van der Waals surface area contributed by atoms with Gasteiger partial charge in [0.2, 0.25) is 23.6 Å². The Labute approximate surface area is 332 Å². The third kappa shape index (κ3) is 11.6. The van der Waals surface area contributed by atoms with Gasteiger partial charge in [0, 0.05) is 44.0 Å². The highest BCUT2D eigenvalue weighted by molar-refractivity contribution is 5.97. The van der Waals surface area contributed by atoms with Crippen LogP contribution in [0.15, 0.2) is 72.9 Å². The van der Waals surface area contributed by atoms with Crippen molar-refractivity contribution >= 4 is 57.4 Å². The number of ether oxygens (including phenoxy) is 1. The van der Waals surface area contributed by atoms with Crippen molar-refractivity contribution in [3.63, 3.8) is 0 Å². The third-order valence-corrected chi connectivity index (χ3v) is 10.2. The Morgan fingerprint density at radius 1 is 0.737 bits per heavy atom. The van der Waals surface area contributed by atoms with E-state index in [0.717, 1.165) is 52.1 Å². The minimum Gasteiger partial charge on any atom is -0.481 e. The number of carbonyl (C=O) groups is 6. The van der Waals surface area contributed by atoms with Crippen LogP contribution in [0.5, 0.6) is 0 Å². The van der Waals surface area contributed by atoms with Gasteiger partial charge in [-0.05, 0) is 67.5 Å². The Morgan fingerprint density at radius 2 is 1.35 bits per heavy atom. The summed E-state index contributed by atoms with van der Waals surface area (Å²) < 4.78 is 5.49. The summed E-state index contributed by atoms with van der Waals surface area (Å²) in [4.78, 5) is 85.6. The van der Waals surface area contributed by atoms with Gasteiger partial charge in [-0.2, -0.15) is 0 Å². The van der Waals surface area contributed by atoms with Gasteiger partial charge < -0.3 is 41.0 Å². The van der Waals surface area contributed by atoms with Gasteiger partial charge in [-0.15, -0.1) is 0 Å². The molecular weight excluding hydrogens is 729 g/mol. The SMILES string of the molecule is CN(C)C(=O)[C@H](Cc1cccc2ccccc12)NC(=O)[C@H](CC(=O)O)NC(=O)[C@@H](NC(=O)[C@H](Cc1c[nH]c2ccccc12)NC(=O)OC(C)(C)C)C1CCCCC1. The topological polar surface area (TPSA) is 199 Å². The zero-order valence-electron chi connectivity index (χ0n) is 33.2. The molecule has 1 saturated carbocycles. The van der Waals surface area contributed by atoms with Gasteiger partial charge in [0.15, 0.2) is 0 Å². The number of alkyl carbamates (subject to hydrolysis) is 1. The second-order valence-electron chi connectivity index (χ2n) is 15.9. The highest BCUT2D eigenvalue weighted by Crippen LogP contribution is 2.28. The molecule has 1 aromatic heterocycles. The summed E-state index contributed by atoms with van der Waals surface area (Å²) in [5, 5.41) is 23.5. The van der Waals surface area contributed by atoms with Gasteiger partial charge in [-0.25, -0.2) is 4.79 Å². The first-order valence-electron chi connectivity index (χ1n) is 19.4. The van der Waals surface area contributed by atoms with E-state index in [1.54, 1.807) is 41.1 Å². The summed E-state index contributed by atoms with van der Waals surface area (Å²) in [6.07, 6.45) is 4.12. The molecule has 5 rings (SSSR count). The molecule has 1 fully saturated rings. The number of carboxylic acids is 1. The van der Waals surface area contributed by atoms with Crippen molar-refractivity contribution < 1.29 is 38.6 Å². The Kier molecular flexibility index (Phi) is 13.9. The summed E-state index contributed by atoms with van der Waals surface area (Å²) >= 11 is 0. The lowest BCUT2D eigenvalue weighted by Gasteiger charge is -2.32. The largest absolute Gasteiger partial charge is 0.481 e. The van der Waals surface area contributed by atoms with Crippen molar-refractivity contribution in [3.05, 3.63) is 84.1 Å². The van der Waals surface area contributed by atoms with Crippen LogP contribution in [0.3, 0.4) is 0 Å². The highest BCUT2D eigenvalue weighted by atomic mass is 16.6. The number of rotatable bonds is 15. The van der Waals surface area contributed by atoms with Gasteiger partial charge in [-0.1, -0.05) is 79.9 Å². The lowest BCUT2D eigenvalue weighted by molar-refractivity contribution is -0.142. The van der Waals surface area contributed by atoms with Crippen LogP contribution in [0.25, 0.3) is 21.7 Å². The van der Waals surface area contributed by atoms with Crippen molar-refractivity contribution in [1.29, 1.82) is 0 Å². The van der Waals surface area contributed by atoms with Gasteiger partial charge in [0.1, 0.15) is 29.8 Å². The van der Waals surface area contributed by atoms with Crippen LogP contribution in [-0.2, 0) is 41.6 Å². The van der Waals surface area contributed by atoms with Crippen LogP contribution in [0.4, 0.5) is 4.79 Å². The van der Waals surface area contributed by atoms with Crippen LogP contribution in [-0.4, -0.2) is 94.5 Å². The average molecular weight is 783 g/mol. The van der Waals surface area contributed by atoms with E-state index in [4.69, 9.17) is 4.74 Å².